The minimum atomic E-state index is -0.420. The summed E-state index contributed by atoms with van der Waals surface area (Å²) < 4.78 is 18.8. The molecule has 0 amide bonds. The number of methoxy groups -OCH3 is 1. The smallest absolute Gasteiger partial charge is 0.131 e. The summed E-state index contributed by atoms with van der Waals surface area (Å²) in [6.07, 6.45) is 1.81. The summed E-state index contributed by atoms with van der Waals surface area (Å²) in [5, 5.41) is 0. The average Bonchev–Trinajstić information content (AvgIpc) is 2.14. The number of fused-ring (bicyclic) bond motifs is 1. The zero-order valence-electron chi connectivity index (χ0n) is 9.63. The zero-order valence-corrected chi connectivity index (χ0v) is 8.63. The molecule has 0 aromatic heterocycles. The second-order valence-corrected chi connectivity index (χ2v) is 3.86. The van der Waals surface area contributed by atoms with Gasteiger partial charge in [0.1, 0.15) is 17.1 Å². The summed E-state index contributed by atoms with van der Waals surface area (Å²) in [5.74, 6) is 1.46. The van der Waals surface area contributed by atoms with Crippen LogP contribution in [0, 0.1) is 0 Å². The van der Waals surface area contributed by atoms with Crippen molar-refractivity contribution in [1.82, 2.24) is 0 Å². The van der Waals surface area contributed by atoms with E-state index in [4.69, 9.17) is 10.8 Å². The van der Waals surface area contributed by atoms with E-state index >= 15 is 0 Å². The van der Waals surface area contributed by atoms with E-state index in [9.17, 15) is 0 Å². The van der Waals surface area contributed by atoms with Gasteiger partial charge in [-0.2, -0.15) is 0 Å². The Hall–Kier alpha value is -1.44. The molecule has 0 unspecified atom stereocenters. The Balaban J connectivity index is 2.51. The van der Waals surface area contributed by atoms with Gasteiger partial charge in [-0.3, -0.25) is 0 Å². The van der Waals surface area contributed by atoms with E-state index in [1.807, 2.05) is 38.1 Å². The van der Waals surface area contributed by atoms with Crippen LogP contribution in [-0.4, -0.2) is 12.7 Å². The van der Waals surface area contributed by atoms with E-state index in [0.29, 0.717) is 11.8 Å². The van der Waals surface area contributed by atoms with Crippen molar-refractivity contribution >= 4 is 6.05 Å². The SMILES string of the molecule is [2H]C1=CC(C)(C)Oc2cc(OC)ccc21. The van der Waals surface area contributed by atoms with Crippen LogP contribution >= 0.6 is 0 Å². The molecule has 0 aliphatic carbocycles. The molecule has 2 rings (SSSR count). The highest BCUT2D eigenvalue weighted by Gasteiger charge is 2.21. The van der Waals surface area contributed by atoms with Crippen LogP contribution in [-0.2, 0) is 0 Å². The second kappa shape index (κ2) is 3.05. The van der Waals surface area contributed by atoms with Gasteiger partial charge in [0.2, 0.25) is 0 Å². The van der Waals surface area contributed by atoms with E-state index < -0.39 is 5.60 Å². The van der Waals surface area contributed by atoms with Gasteiger partial charge in [0, 0.05) is 11.6 Å². The van der Waals surface area contributed by atoms with Gasteiger partial charge < -0.3 is 9.47 Å². The van der Waals surface area contributed by atoms with Gasteiger partial charge in [0.15, 0.2) is 0 Å². The minimum absolute atomic E-state index is 0.420. The molecule has 0 atom stereocenters. The quantitative estimate of drug-likeness (QED) is 0.679. The third-order valence-corrected chi connectivity index (χ3v) is 2.14. The Bertz CT molecular complexity index is 422. The van der Waals surface area contributed by atoms with Crippen LogP contribution in [0.1, 0.15) is 20.8 Å². The molecule has 0 saturated carbocycles. The highest BCUT2D eigenvalue weighted by Crippen LogP contribution is 2.33. The van der Waals surface area contributed by atoms with Crippen LogP contribution < -0.4 is 9.47 Å². The first kappa shape index (κ1) is 7.92. The van der Waals surface area contributed by atoms with Gasteiger partial charge in [0.25, 0.3) is 0 Å². The van der Waals surface area contributed by atoms with Gasteiger partial charge in [-0.05, 0) is 32.1 Å². The summed E-state index contributed by atoms with van der Waals surface area (Å²) in [6.45, 7) is 3.87. The second-order valence-electron chi connectivity index (χ2n) is 3.86. The Morgan fingerprint density at radius 3 is 2.93 bits per heavy atom. The Morgan fingerprint density at radius 2 is 2.21 bits per heavy atom. The Kier molecular flexibility index (Phi) is 1.72. The molecule has 2 heteroatoms. The van der Waals surface area contributed by atoms with Gasteiger partial charge in [-0.15, -0.1) is 0 Å². The highest BCUT2D eigenvalue weighted by molar-refractivity contribution is 5.62. The van der Waals surface area contributed by atoms with E-state index in [2.05, 4.69) is 0 Å². The molecule has 1 aromatic rings. The molecule has 0 N–H and O–H groups in total. The van der Waals surface area contributed by atoms with Crippen LogP contribution in [0.5, 0.6) is 11.5 Å². The van der Waals surface area contributed by atoms with Crippen molar-refractivity contribution in [2.24, 2.45) is 0 Å². The predicted octanol–water partition coefficient (Wildman–Crippen LogP) is 2.88. The van der Waals surface area contributed by atoms with E-state index in [0.717, 1.165) is 11.3 Å². The summed E-state index contributed by atoms with van der Waals surface area (Å²) in [7, 11) is 1.62. The monoisotopic (exact) mass is 191 g/mol. The Labute approximate surface area is 85.6 Å². The lowest BCUT2D eigenvalue weighted by Gasteiger charge is -2.27. The lowest BCUT2D eigenvalue weighted by Crippen LogP contribution is -2.27. The van der Waals surface area contributed by atoms with Gasteiger partial charge in [0.05, 0.1) is 8.48 Å². The number of hydrogen-bond donors (Lipinski definition) is 0. The minimum Gasteiger partial charge on any atom is -0.497 e. The summed E-state index contributed by atoms with van der Waals surface area (Å²) in [5.41, 5.74) is 0.395. The van der Waals surface area contributed by atoms with E-state index in [1.54, 1.807) is 7.11 Å². The molecule has 14 heavy (non-hydrogen) atoms. The maximum Gasteiger partial charge on any atom is 0.131 e. The fraction of sp³-hybridized carbons (Fsp3) is 0.333. The fourth-order valence-electron chi connectivity index (χ4n) is 1.40. The first-order chi connectivity index (χ1) is 7.02. The lowest BCUT2D eigenvalue weighted by molar-refractivity contribution is 0.158. The molecule has 0 radical (unpaired) electrons. The lowest BCUT2D eigenvalue weighted by atomic mass is 10.0. The third-order valence-electron chi connectivity index (χ3n) is 2.14. The predicted molar refractivity (Wildman–Crippen MR) is 56.7 cm³/mol. The van der Waals surface area contributed by atoms with Crippen LogP contribution in [0.3, 0.4) is 0 Å². The topological polar surface area (TPSA) is 18.5 Å². The Morgan fingerprint density at radius 1 is 1.43 bits per heavy atom. The van der Waals surface area contributed by atoms with Crippen LogP contribution in [0.4, 0.5) is 0 Å². The first-order valence-electron chi connectivity index (χ1n) is 5.09. The van der Waals surface area contributed by atoms with Crippen molar-refractivity contribution in [3.8, 4) is 11.5 Å². The largest absolute Gasteiger partial charge is 0.497 e. The van der Waals surface area contributed by atoms with Crippen molar-refractivity contribution in [2.75, 3.05) is 7.11 Å². The number of benzene rings is 1. The molecule has 0 fully saturated rings. The maximum absolute atomic E-state index is 7.88. The van der Waals surface area contributed by atoms with Gasteiger partial charge in [-0.25, -0.2) is 0 Å². The summed E-state index contributed by atoms with van der Waals surface area (Å²) >= 11 is 0. The van der Waals surface area contributed by atoms with Gasteiger partial charge in [-0.1, -0.05) is 6.05 Å². The molecule has 1 heterocycles. The summed E-state index contributed by atoms with van der Waals surface area (Å²) in [6, 6.07) is 6.01. The molecule has 2 nitrogen and oxygen atoms in total. The van der Waals surface area contributed by atoms with Crippen molar-refractivity contribution in [3.63, 3.8) is 0 Å². The van der Waals surface area contributed by atoms with Crippen molar-refractivity contribution in [1.29, 1.82) is 0 Å². The molecular formula is C12H14O2. The van der Waals surface area contributed by atoms with Crippen molar-refractivity contribution in [2.45, 2.75) is 19.4 Å². The zero-order chi connectivity index (χ0) is 11.1. The molecule has 1 aromatic carbocycles. The summed E-state index contributed by atoms with van der Waals surface area (Å²) in [4.78, 5) is 0. The van der Waals surface area contributed by atoms with Crippen LogP contribution in [0.2, 0.25) is 0 Å². The first-order valence-corrected chi connectivity index (χ1v) is 4.59. The molecule has 0 bridgehead atoms. The van der Waals surface area contributed by atoms with Crippen LogP contribution in [0.15, 0.2) is 24.3 Å². The maximum atomic E-state index is 7.88. The number of hydrogen-bond acceptors (Lipinski definition) is 2. The van der Waals surface area contributed by atoms with E-state index in [1.165, 1.54) is 0 Å². The third kappa shape index (κ3) is 1.60. The normalized spacial score (nSPS) is 18.8. The molecular weight excluding hydrogens is 176 g/mol. The molecule has 0 spiro atoms. The molecule has 0 saturated heterocycles. The average molecular weight is 191 g/mol. The highest BCUT2D eigenvalue weighted by atomic mass is 16.5. The molecule has 1 aliphatic rings. The molecule has 74 valence electrons. The number of ether oxygens (including phenoxy) is 2. The van der Waals surface area contributed by atoms with Crippen LogP contribution in [0.25, 0.3) is 6.05 Å². The molecule has 1 aliphatic heterocycles. The van der Waals surface area contributed by atoms with Crippen molar-refractivity contribution in [3.05, 3.63) is 29.8 Å². The van der Waals surface area contributed by atoms with Crippen molar-refractivity contribution < 1.29 is 10.8 Å². The number of rotatable bonds is 1. The van der Waals surface area contributed by atoms with E-state index in [-0.39, 0.29) is 0 Å². The standard InChI is InChI=1S/C12H14O2/c1-12(2)7-6-9-4-5-10(13-3)8-11(9)14-12/h4-8H,1-3H3/i6D. The fourth-order valence-corrected chi connectivity index (χ4v) is 1.40. The van der Waals surface area contributed by atoms with Gasteiger partial charge >= 0.3 is 0 Å².